The molecule has 5 heteroatoms. The number of esters is 1. The SMILES string of the molecule is COC(=O)[C@H](NC(=O)c1ccc2cc[nH]c2c1)C(C)(C)C. The number of fused-ring (bicyclic) bond motifs is 1. The Kier molecular flexibility index (Phi) is 4.02. The summed E-state index contributed by atoms with van der Waals surface area (Å²) in [6.45, 7) is 5.63. The van der Waals surface area contributed by atoms with E-state index in [1.54, 1.807) is 12.1 Å². The van der Waals surface area contributed by atoms with Crippen molar-refractivity contribution in [2.75, 3.05) is 7.11 Å². The fourth-order valence-electron chi connectivity index (χ4n) is 2.15. The van der Waals surface area contributed by atoms with Crippen LogP contribution in [0.4, 0.5) is 0 Å². The van der Waals surface area contributed by atoms with Crippen molar-refractivity contribution in [3.63, 3.8) is 0 Å². The minimum absolute atomic E-state index is 0.295. The summed E-state index contributed by atoms with van der Waals surface area (Å²) in [6.07, 6.45) is 1.82. The van der Waals surface area contributed by atoms with Crippen LogP contribution in [0.15, 0.2) is 30.5 Å². The van der Waals surface area contributed by atoms with Gasteiger partial charge in [0.05, 0.1) is 7.11 Å². The van der Waals surface area contributed by atoms with Gasteiger partial charge in [-0.2, -0.15) is 0 Å². The molecule has 0 saturated heterocycles. The minimum Gasteiger partial charge on any atom is -0.467 e. The third kappa shape index (κ3) is 3.24. The van der Waals surface area contributed by atoms with E-state index in [-0.39, 0.29) is 5.91 Å². The van der Waals surface area contributed by atoms with Crippen molar-refractivity contribution < 1.29 is 14.3 Å². The predicted molar refractivity (Wildman–Crippen MR) is 81.0 cm³/mol. The Morgan fingerprint density at radius 1 is 1.24 bits per heavy atom. The molecule has 0 aliphatic heterocycles. The molecule has 1 aromatic carbocycles. The van der Waals surface area contributed by atoms with Gasteiger partial charge in [-0.25, -0.2) is 4.79 Å². The number of benzene rings is 1. The van der Waals surface area contributed by atoms with Crippen LogP contribution < -0.4 is 5.32 Å². The Hall–Kier alpha value is -2.30. The molecule has 2 N–H and O–H groups in total. The molecular weight excluding hydrogens is 268 g/mol. The molecule has 1 heterocycles. The summed E-state index contributed by atoms with van der Waals surface area (Å²) in [5.74, 6) is -0.742. The van der Waals surface area contributed by atoms with Gasteiger partial charge >= 0.3 is 5.97 Å². The van der Waals surface area contributed by atoms with Gasteiger partial charge in [0.1, 0.15) is 6.04 Å². The number of rotatable bonds is 3. The van der Waals surface area contributed by atoms with Crippen molar-refractivity contribution in [2.24, 2.45) is 5.41 Å². The normalized spacial score (nSPS) is 13.0. The number of hydrogen-bond acceptors (Lipinski definition) is 3. The molecule has 21 heavy (non-hydrogen) atoms. The molecule has 112 valence electrons. The second-order valence-electron chi connectivity index (χ2n) is 6.08. The second kappa shape index (κ2) is 5.60. The van der Waals surface area contributed by atoms with Crippen LogP contribution in [0.25, 0.3) is 10.9 Å². The number of amides is 1. The smallest absolute Gasteiger partial charge is 0.328 e. The standard InChI is InChI=1S/C16H20N2O3/c1-16(2,3)13(15(20)21-4)18-14(19)11-6-5-10-7-8-17-12(10)9-11/h5-9,13,17H,1-4H3,(H,18,19)/t13-/m0/s1. The van der Waals surface area contributed by atoms with Crippen molar-refractivity contribution in [3.05, 3.63) is 36.0 Å². The van der Waals surface area contributed by atoms with Crippen LogP contribution in [-0.2, 0) is 9.53 Å². The lowest BCUT2D eigenvalue weighted by Gasteiger charge is -2.29. The second-order valence-corrected chi connectivity index (χ2v) is 6.08. The van der Waals surface area contributed by atoms with E-state index < -0.39 is 17.4 Å². The first-order chi connectivity index (χ1) is 9.82. The molecule has 1 aromatic heterocycles. The van der Waals surface area contributed by atoms with Crippen molar-refractivity contribution in [2.45, 2.75) is 26.8 Å². The number of H-pyrrole nitrogens is 1. The van der Waals surface area contributed by atoms with Crippen LogP contribution >= 0.6 is 0 Å². The van der Waals surface area contributed by atoms with Crippen LogP contribution in [0.2, 0.25) is 0 Å². The van der Waals surface area contributed by atoms with Crippen LogP contribution in [0.1, 0.15) is 31.1 Å². The van der Waals surface area contributed by atoms with Crippen LogP contribution in [0.5, 0.6) is 0 Å². The molecule has 0 fully saturated rings. The summed E-state index contributed by atoms with van der Waals surface area (Å²) in [5, 5.41) is 3.79. The largest absolute Gasteiger partial charge is 0.467 e. The highest BCUT2D eigenvalue weighted by Crippen LogP contribution is 2.21. The quantitative estimate of drug-likeness (QED) is 0.852. The van der Waals surface area contributed by atoms with Gasteiger partial charge in [0, 0.05) is 17.3 Å². The van der Waals surface area contributed by atoms with E-state index in [4.69, 9.17) is 4.74 Å². The first kappa shape index (κ1) is 15.1. The summed E-state index contributed by atoms with van der Waals surface area (Å²) in [6, 6.07) is 6.60. The Morgan fingerprint density at radius 3 is 2.57 bits per heavy atom. The van der Waals surface area contributed by atoms with E-state index in [9.17, 15) is 9.59 Å². The van der Waals surface area contributed by atoms with Crippen molar-refractivity contribution in [3.8, 4) is 0 Å². The van der Waals surface area contributed by atoms with E-state index in [1.807, 2.05) is 39.1 Å². The highest BCUT2D eigenvalue weighted by molar-refractivity contribution is 5.99. The maximum Gasteiger partial charge on any atom is 0.328 e. The summed E-state index contributed by atoms with van der Waals surface area (Å²) >= 11 is 0. The Bertz CT molecular complexity index is 667. The van der Waals surface area contributed by atoms with Crippen LogP contribution in [-0.4, -0.2) is 30.0 Å². The van der Waals surface area contributed by atoms with Crippen molar-refractivity contribution in [1.29, 1.82) is 0 Å². The molecule has 1 atom stereocenters. The number of aromatic amines is 1. The summed E-state index contributed by atoms with van der Waals surface area (Å²) < 4.78 is 4.77. The monoisotopic (exact) mass is 288 g/mol. The third-order valence-electron chi connectivity index (χ3n) is 3.40. The maximum absolute atomic E-state index is 12.4. The zero-order chi connectivity index (χ0) is 15.6. The molecule has 0 unspecified atom stereocenters. The Morgan fingerprint density at radius 2 is 1.95 bits per heavy atom. The molecule has 0 aliphatic carbocycles. The number of methoxy groups -OCH3 is 1. The Balaban J connectivity index is 2.23. The van der Waals surface area contributed by atoms with Gasteiger partial charge in [-0.05, 0) is 29.0 Å². The van der Waals surface area contributed by atoms with Crippen molar-refractivity contribution in [1.82, 2.24) is 10.3 Å². The number of carbonyl (C=O) groups excluding carboxylic acids is 2. The third-order valence-corrected chi connectivity index (χ3v) is 3.40. The molecule has 0 spiro atoms. The highest BCUT2D eigenvalue weighted by Gasteiger charge is 2.33. The lowest BCUT2D eigenvalue weighted by Crippen LogP contribution is -2.49. The lowest BCUT2D eigenvalue weighted by molar-refractivity contribution is -0.145. The zero-order valence-corrected chi connectivity index (χ0v) is 12.7. The number of aromatic nitrogens is 1. The average Bonchev–Trinajstić information content (AvgIpc) is 2.89. The van der Waals surface area contributed by atoms with Gasteiger partial charge < -0.3 is 15.0 Å². The average molecular weight is 288 g/mol. The minimum atomic E-state index is -0.700. The van der Waals surface area contributed by atoms with Gasteiger partial charge in [0.25, 0.3) is 5.91 Å². The van der Waals surface area contributed by atoms with Gasteiger partial charge in [0.2, 0.25) is 0 Å². The summed E-state index contributed by atoms with van der Waals surface area (Å²) in [4.78, 5) is 27.3. The number of nitrogens with one attached hydrogen (secondary N) is 2. The van der Waals surface area contributed by atoms with E-state index in [1.165, 1.54) is 7.11 Å². The molecule has 0 bridgehead atoms. The van der Waals surface area contributed by atoms with Gasteiger partial charge in [-0.1, -0.05) is 26.8 Å². The number of ether oxygens (including phenoxy) is 1. The first-order valence-corrected chi connectivity index (χ1v) is 6.79. The van der Waals surface area contributed by atoms with E-state index in [2.05, 4.69) is 10.3 Å². The molecule has 0 saturated carbocycles. The van der Waals surface area contributed by atoms with E-state index in [0.717, 1.165) is 10.9 Å². The first-order valence-electron chi connectivity index (χ1n) is 6.79. The molecule has 2 rings (SSSR count). The number of hydrogen-bond donors (Lipinski definition) is 2. The summed E-state index contributed by atoms with van der Waals surface area (Å²) in [5.41, 5.74) is 0.954. The summed E-state index contributed by atoms with van der Waals surface area (Å²) in [7, 11) is 1.32. The molecular formula is C16H20N2O3. The van der Waals surface area contributed by atoms with Gasteiger partial charge in [0.15, 0.2) is 0 Å². The molecule has 0 radical (unpaired) electrons. The van der Waals surface area contributed by atoms with E-state index in [0.29, 0.717) is 5.56 Å². The molecule has 5 nitrogen and oxygen atoms in total. The molecule has 1 amide bonds. The fraction of sp³-hybridized carbons (Fsp3) is 0.375. The Labute approximate surface area is 123 Å². The topological polar surface area (TPSA) is 71.2 Å². The van der Waals surface area contributed by atoms with Gasteiger partial charge in [-0.15, -0.1) is 0 Å². The zero-order valence-electron chi connectivity index (χ0n) is 12.7. The predicted octanol–water partition coefficient (Wildman–Crippen LogP) is 2.49. The fourth-order valence-corrected chi connectivity index (χ4v) is 2.15. The molecule has 2 aromatic rings. The molecule has 0 aliphatic rings. The van der Waals surface area contributed by atoms with Crippen LogP contribution in [0, 0.1) is 5.41 Å². The highest BCUT2D eigenvalue weighted by atomic mass is 16.5. The van der Waals surface area contributed by atoms with Crippen LogP contribution in [0.3, 0.4) is 0 Å². The van der Waals surface area contributed by atoms with E-state index >= 15 is 0 Å². The van der Waals surface area contributed by atoms with Crippen molar-refractivity contribution >= 4 is 22.8 Å². The van der Waals surface area contributed by atoms with Gasteiger partial charge in [-0.3, -0.25) is 4.79 Å². The number of carbonyl (C=O) groups is 2. The lowest BCUT2D eigenvalue weighted by atomic mass is 9.86. The maximum atomic E-state index is 12.4.